The van der Waals surface area contributed by atoms with Crippen LogP contribution in [0.1, 0.15) is 15.9 Å². The maximum absolute atomic E-state index is 13.1. The molecule has 190 valence electrons. The molecule has 4 rings (SSSR count). The molecule has 0 spiro atoms. The molecule has 0 unspecified atom stereocenters. The predicted molar refractivity (Wildman–Crippen MR) is 142 cm³/mol. The molecule has 0 atom stereocenters. The van der Waals surface area contributed by atoms with Crippen molar-refractivity contribution >= 4 is 67.1 Å². The van der Waals surface area contributed by atoms with E-state index in [9.17, 15) is 22.9 Å². The normalized spacial score (nSPS) is 11.7. The highest BCUT2D eigenvalue weighted by Gasteiger charge is 2.21. The van der Waals surface area contributed by atoms with Crippen LogP contribution in [0.4, 0.5) is 17.1 Å². The molecule has 0 radical (unpaired) electrons. The van der Waals surface area contributed by atoms with Crippen LogP contribution < -0.4 is 10.1 Å². The van der Waals surface area contributed by atoms with E-state index < -0.39 is 26.7 Å². The number of hydrogen-bond acceptors (Lipinski definition) is 7. The number of amides is 1. The summed E-state index contributed by atoms with van der Waals surface area (Å²) < 4.78 is 37.7. The first-order valence-electron chi connectivity index (χ1n) is 10.6. The lowest BCUT2D eigenvalue weighted by Gasteiger charge is -2.12. The maximum Gasteiger partial charge on any atom is 0.296 e. The van der Waals surface area contributed by atoms with Crippen molar-refractivity contribution in [2.75, 3.05) is 12.4 Å². The lowest BCUT2D eigenvalue weighted by molar-refractivity contribution is 0.102. The lowest BCUT2D eigenvalue weighted by atomic mass is 10.0. The number of carbonyl (C=O) groups is 1. The van der Waals surface area contributed by atoms with E-state index in [1.54, 1.807) is 42.5 Å². The van der Waals surface area contributed by atoms with Crippen LogP contribution in [0.15, 0.2) is 75.8 Å². The topological polar surface area (TPSA) is 138 Å². The third-order valence-corrected chi connectivity index (χ3v) is 7.20. The van der Waals surface area contributed by atoms with Gasteiger partial charge in [0.1, 0.15) is 16.3 Å². The number of rotatable bonds is 6. The molecule has 3 N–H and O–H groups in total. The number of phenolic OH excluding ortho intramolecular Hbond substituents is 1. The van der Waals surface area contributed by atoms with Crippen molar-refractivity contribution in [3.05, 3.63) is 81.8 Å². The Bertz CT molecular complexity index is 1670. The van der Waals surface area contributed by atoms with Crippen LogP contribution in [0.25, 0.3) is 10.8 Å². The highest BCUT2D eigenvalue weighted by atomic mass is 35.5. The van der Waals surface area contributed by atoms with E-state index >= 15 is 0 Å². The van der Waals surface area contributed by atoms with E-state index in [0.29, 0.717) is 16.5 Å². The molecule has 0 aromatic heterocycles. The molecule has 4 aromatic rings. The molecule has 0 aliphatic carbocycles. The number of carbonyl (C=O) groups excluding carboxylic acids is 1. The summed E-state index contributed by atoms with van der Waals surface area (Å²) in [6, 6.07) is 15.8. The van der Waals surface area contributed by atoms with Crippen LogP contribution in [0.2, 0.25) is 10.0 Å². The largest absolute Gasteiger partial charge is 0.505 e. The molecule has 1 amide bonds. The second-order valence-corrected chi connectivity index (χ2v) is 10.1. The van der Waals surface area contributed by atoms with E-state index in [2.05, 4.69) is 15.5 Å². The van der Waals surface area contributed by atoms with Gasteiger partial charge in [-0.3, -0.25) is 9.35 Å². The molecule has 0 aliphatic heterocycles. The highest BCUT2D eigenvalue weighted by Crippen LogP contribution is 2.40. The summed E-state index contributed by atoms with van der Waals surface area (Å²) in [6.07, 6.45) is 0. The Balaban J connectivity index is 1.78. The Morgan fingerprint density at radius 1 is 1.00 bits per heavy atom. The standard InChI is InChI=1S/C25H19Cl2N3O6S/c1-13-9-15(11-20(27)24(13)37(33,34)35)29-30-22-17-6-4-3-5-14(17)10-18(23(22)31)25(32)28-21-12-16(36-2)7-8-19(21)26/h3-12,31H,1-2H3,(H,28,32)(H,33,34,35). The molecular weight excluding hydrogens is 541 g/mol. The number of methoxy groups -OCH3 is 1. The number of azo groups is 1. The van der Waals surface area contributed by atoms with Gasteiger partial charge < -0.3 is 15.2 Å². The monoisotopic (exact) mass is 559 g/mol. The first-order chi connectivity index (χ1) is 17.5. The van der Waals surface area contributed by atoms with Gasteiger partial charge in [-0.15, -0.1) is 5.11 Å². The van der Waals surface area contributed by atoms with Crippen LogP contribution >= 0.6 is 23.2 Å². The Morgan fingerprint density at radius 2 is 1.73 bits per heavy atom. The van der Waals surface area contributed by atoms with Crippen molar-refractivity contribution in [1.29, 1.82) is 0 Å². The van der Waals surface area contributed by atoms with Crippen LogP contribution in [0.3, 0.4) is 0 Å². The second-order valence-electron chi connectivity index (χ2n) is 7.89. The zero-order chi connectivity index (χ0) is 26.9. The van der Waals surface area contributed by atoms with Gasteiger partial charge >= 0.3 is 0 Å². The zero-order valence-electron chi connectivity index (χ0n) is 19.4. The van der Waals surface area contributed by atoms with Gasteiger partial charge in [-0.2, -0.15) is 13.5 Å². The zero-order valence-corrected chi connectivity index (χ0v) is 21.7. The van der Waals surface area contributed by atoms with Gasteiger partial charge in [-0.05, 0) is 48.2 Å². The Morgan fingerprint density at radius 3 is 2.41 bits per heavy atom. The molecule has 0 saturated heterocycles. The summed E-state index contributed by atoms with van der Waals surface area (Å²) in [4.78, 5) is 12.7. The highest BCUT2D eigenvalue weighted by molar-refractivity contribution is 7.86. The van der Waals surface area contributed by atoms with Crippen molar-refractivity contribution in [2.45, 2.75) is 11.8 Å². The number of anilines is 1. The van der Waals surface area contributed by atoms with E-state index in [1.165, 1.54) is 32.2 Å². The SMILES string of the molecule is COc1ccc(Cl)c(NC(=O)c2cc3ccccc3c(N=Nc3cc(C)c(S(=O)(=O)O)c(Cl)c3)c2O)c1. The number of nitrogens with one attached hydrogen (secondary N) is 1. The summed E-state index contributed by atoms with van der Waals surface area (Å²) in [7, 11) is -3.06. The quantitative estimate of drug-likeness (QED) is 0.170. The fourth-order valence-corrected chi connectivity index (χ4v) is 5.20. The number of ether oxygens (including phenoxy) is 1. The van der Waals surface area contributed by atoms with Crippen molar-refractivity contribution in [2.24, 2.45) is 10.2 Å². The molecule has 12 heteroatoms. The molecule has 0 heterocycles. The summed E-state index contributed by atoms with van der Waals surface area (Å²) in [5.41, 5.74) is 0.526. The average molecular weight is 560 g/mol. The number of halogens is 2. The minimum absolute atomic E-state index is 0.00706. The maximum atomic E-state index is 13.1. The van der Waals surface area contributed by atoms with Gasteiger partial charge in [0.25, 0.3) is 16.0 Å². The molecule has 9 nitrogen and oxygen atoms in total. The van der Waals surface area contributed by atoms with Gasteiger partial charge in [0.05, 0.1) is 34.1 Å². The lowest BCUT2D eigenvalue weighted by Crippen LogP contribution is -2.12. The average Bonchev–Trinajstić information content (AvgIpc) is 2.83. The Kier molecular flexibility index (Phi) is 7.37. The molecule has 4 aromatic carbocycles. The summed E-state index contributed by atoms with van der Waals surface area (Å²) >= 11 is 12.2. The van der Waals surface area contributed by atoms with E-state index in [4.69, 9.17) is 27.9 Å². The molecule has 0 bridgehead atoms. The second kappa shape index (κ2) is 10.3. The van der Waals surface area contributed by atoms with Crippen LogP contribution in [0.5, 0.6) is 11.5 Å². The van der Waals surface area contributed by atoms with Crippen LogP contribution in [0, 0.1) is 6.92 Å². The number of aromatic hydroxyl groups is 1. The van der Waals surface area contributed by atoms with Gasteiger partial charge in [-0.1, -0.05) is 47.5 Å². The van der Waals surface area contributed by atoms with Gasteiger partial charge in [-0.25, -0.2) is 0 Å². The molecule has 0 aliphatic rings. The third kappa shape index (κ3) is 5.52. The molecule has 37 heavy (non-hydrogen) atoms. The Hall–Kier alpha value is -3.70. The van der Waals surface area contributed by atoms with E-state index in [-0.39, 0.29) is 38.2 Å². The van der Waals surface area contributed by atoms with Crippen LogP contribution in [-0.4, -0.2) is 31.1 Å². The molecule has 0 fully saturated rings. The Labute approximate surface area is 222 Å². The fraction of sp³-hybridized carbons (Fsp3) is 0.0800. The number of fused-ring (bicyclic) bond motifs is 1. The van der Waals surface area contributed by atoms with Gasteiger partial charge in [0.15, 0.2) is 5.75 Å². The van der Waals surface area contributed by atoms with Crippen molar-refractivity contribution in [3.8, 4) is 11.5 Å². The van der Waals surface area contributed by atoms with Crippen molar-refractivity contribution in [3.63, 3.8) is 0 Å². The summed E-state index contributed by atoms with van der Waals surface area (Å²) in [6.45, 7) is 1.44. The first kappa shape index (κ1) is 26.4. The third-order valence-electron chi connectivity index (χ3n) is 5.40. The molecule has 0 saturated carbocycles. The molecular formula is C25H19Cl2N3O6S. The van der Waals surface area contributed by atoms with Gasteiger partial charge in [0, 0.05) is 11.5 Å². The van der Waals surface area contributed by atoms with Crippen molar-refractivity contribution < 1.29 is 27.6 Å². The number of aryl methyl sites for hydroxylation is 1. The first-order valence-corrected chi connectivity index (χ1v) is 12.8. The number of hydrogen-bond donors (Lipinski definition) is 3. The summed E-state index contributed by atoms with van der Waals surface area (Å²) in [5, 5.41) is 23.1. The minimum atomic E-state index is -4.54. The van der Waals surface area contributed by atoms with E-state index in [0.717, 1.165) is 0 Å². The smallest absolute Gasteiger partial charge is 0.296 e. The van der Waals surface area contributed by atoms with E-state index in [1.807, 2.05) is 0 Å². The van der Waals surface area contributed by atoms with Gasteiger partial charge in [0.2, 0.25) is 0 Å². The number of benzene rings is 4. The van der Waals surface area contributed by atoms with Crippen molar-refractivity contribution in [1.82, 2.24) is 0 Å². The number of nitrogens with zero attached hydrogens (tertiary/aromatic N) is 2. The minimum Gasteiger partial charge on any atom is -0.505 e. The number of phenols is 1. The summed E-state index contributed by atoms with van der Waals surface area (Å²) in [5.74, 6) is -0.603. The fourth-order valence-electron chi connectivity index (χ4n) is 3.71. The van der Waals surface area contributed by atoms with Crippen LogP contribution in [-0.2, 0) is 10.1 Å². The predicted octanol–water partition coefficient (Wildman–Crippen LogP) is 7.08.